The Balaban J connectivity index is 1.93. The molecule has 0 bridgehead atoms. The topological polar surface area (TPSA) is 59.5 Å². The molecule has 1 aromatic rings. The number of amides is 1. The number of carbonyl (C=O) groups is 1. The highest BCUT2D eigenvalue weighted by atomic mass is 32.2. The Labute approximate surface area is 140 Å². The van der Waals surface area contributed by atoms with Gasteiger partial charge in [-0.3, -0.25) is 4.21 Å². The Kier molecular flexibility index (Phi) is 5.79. The van der Waals surface area contributed by atoms with Crippen molar-refractivity contribution >= 4 is 16.9 Å². The van der Waals surface area contributed by atoms with E-state index < -0.39 is 16.4 Å². The van der Waals surface area contributed by atoms with E-state index in [1.54, 1.807) is 11.1 Å². The molecule has 2 atom stereocenters. The fourth-order valence-electron chi connectivity index (χ4n) is 2.63. The van der Waals surface area contributed by atoms with Crippen LogP contribution in [0.1, 0.15) is 39.2 Å². The van der Waals surface area contributed by atoms with E-state index in [2.05, 4.69) is 4.98 Å². The zero-order valence-corrected chi connectivity index (χ0v) is 15.2. The molecule has 1 saturated heterocycles. The molecule has 1 fully saturated rings. The first-order chi connectivity index (χ1) is 10.7. The van der Waals surface area contributed by atoms with E-state index in [9.17, 15) is 9.00 Å². The van der Waals surface area contributed by atoms with Gasteiger partial charge in [-0.05, 0) is 64.2 Å². The van der Waals surface area contributed by atoms with Crippen LogP contribution in [0.25, 0.3) is 0 Å². The van der Waals surface area contributed by atoms with Gasteiger partial charge in [0.2, 0.25) is 0 Å². The van der Waals surface area contributed by atoms with E-state index in [0.29, 0.717) is 23.9 Å². The summed E-state index contributed by atoms with van der Waals surface area (Å²) in [4.78, 5) is 18.1. The van der Waals surface area contributed by atoms with Gasteiger partial charge in [-0.25, -0.2) is 9.78 Å². The number of hydrogen-bond donors (Lipinski definition) is 0. The Morgan fingerprint density at radius 3 is 2.87 bits per heavy atom. The van der Waals surface area contributed by atoms with E-state index in [0.717, 1.165) is 18.4 Å². The molecule has 0 radical (unpaired) electrons. The highest BCUT2D eigenvalue weighted by molar-refractivity contribution is 7.84. The molecule has 5 nitrogen and oxygen atoms in total. The van der Waals surface area contributed by atoms with Crippen molar-refractivity contribution in [2.24, 2.45) is 5.92 Å². The summed E-state index contributed by atoms with van der Waals surface area (Å²) < 4.78 is 17.9. The van der Waals surface area contributed by atoms with Gasteiger partial charge < -0.3 is 9.64 Å². The van der Waals surface area contributed by atoms with Crippen molar-refractivity contribution in [2.45, 2.75) is 51.2 Å². The first kappa shape index (κ1) is 17.9. The maximum Gasteiger partial charge on any atom is 0.410 e. The second kappa shape index (κ2) is 7.43. The number of piperidine rings is 1. The van der Waals surface area contributed by atoms with E-state index in [4.69, 9.17) is 4.74 Å². The summed E-state index contributed by atoms with van der Waals surface area (Å²) in [6, 6.07) is 3.76. The third-order valence-corrected chi connectivity index (χ3v) is 5.15. The summed E-state index contributed by atoms with van der Waals surface area (Å²) in [6.07, 6.45) is 3.32. The lowest BCUT2D eigenvalue weighted by Gasteiger charge is -2.33. The summed E-state index contributed by atoms with van der Waals surface area (Å²) in [6.45, 7) is 8.88. The van der Waals surface area contributed by atoms with Gasteiger partial charge in [0.1, 0.15) is 10.6 Å². The molecule has 1 aromatic heterocycles. The first-order valence-corrected chi connectivity index (χ1v) is 9.35. The Bertz CT molecular complexity index is 583. The van der Waals surface area contributed by atoms with Gasteiger partial charge >= 0.3 is 6.09 Å². The Morgan fingerprint density at radius 1 is 1.48 bits per heavy atom. The lowest BCUT2D eigenvalue weighted by molar-refractivity contribution is 0.0176. The highest BCUT2D eigenvalue weighted by Crippen LogP contribution is 2.21. The van der Waals surface area contributed by atoms with Crippen LogP contribution in [0.5, 0.6) is 0 Å². The number of hydrogen-bond acceptors (Lipinski definition) is 4. The van der Waals surface area contributed by atoms with Gasteiger partial charge in [-0.2, -0.15) is 0 Å². The van der Waals surface area contributed by atoms with Crippen molar-refractivity contribution < 1.29 is 13.7 Å². The quantitative estimate of drug-likeness (QED) is 0.849. The molecule has 0 unspecified atom stereocenters. The van der Waals surface area contributed by atoms with Gasteiger partial charge in [0.15, 0.2) is 0 Å². The van der Waals surface area contributed by atoms with Crippen LogP contribution in [0.15, 0.2) is 23.4 Å². The predicted octanol–water partition coefficient (Wildman–Crippen LogP) is 3.14. The Morgan fingerprint density at radius 2 is 2.22 bits per heavy atom. The van der Waals surface area contributed by atoms with Gasteiger partial charge in [-0.1, -0.05) is 0 Å². The third kappa shape index (κ3) is 5.61. The van der Waals surface area contributed by atoms with Crippen LogP contribution in [0.2, 0.25) is 0 Å². The minimum absolute atomic E-state index is 0.222. The summed E-state index contributed by atoms with van der Waals surface area (Å²) in [5, 5.41) is 0.624. The number of nitrogens with zero attached hydrogens (tertiary/aromatic N) is 2. The maximum absolute atomic E-state index is 12.5. The molecule has 23 heavy (non-hydrogen) atoms. The molecule has 1 amide bonds. The van der Waals surface area contributed by atoms with Gasteiger partial charge in [0.05, 0.1) is 10.8 Å². The molecule has 128 valence electrons. The smallest absolute Gasteiger partial charge is 0.410 e. The van der Waals surface area contributed by atoms with Gasteiger partial charge in [-0.15, -0.1) is 0 Å². The molecule has 0 aliphatic carbocycles. The second-order valence-corrected chi connectivity index (χ2v) is 8.56. The number of pyridine rings is 1. The number of rotatable bonds is 3. The first-order valence-electron chi connectivity index (χ1n) is 8.03. The fraction of sp³-hybridized carbons (Fsp3) is 0.647. The Hall–Kier alpha value is -1.43. The molecule has 2 rings (SSSR count). The molecule has 1 aliphatic heterocycles. The van der Waals surface area contributed by atoms with E-state index >= 15 is 0 Å². The van der Waals surface area contributed by atoms with Crippen LogP contribution >= 0.6 is 0 Å². The summed E-state index contributed by atoms with van der Waals surface area (Å²) in [5.74, 6) is 0.759. The summed E-state index contributed by atoms with van der Waals surface area (Å²) in [7, 11) is -1.13. The zero-order valence-electron chi connectivity index (χ0n) is 14.4. The van der Waals surface area contributed by atoms with E-state index in [1.807, 2.05) is 39.8 Å². The number of ether oxygens (including phenoxy) is 1. The van der Waals surface area contributed by atoms with Crippen molar-refractivity contribution in [3.8, 4) is 0 Å². The summed E-state index contributed by atoms with van der Waals surface area (Å²) >= 11 is 0. The van der Waals surface area contributed by atoms with Crippen molar-refractivity contribution in [1.29, 1.82) is 0 Å². The van der Waals surface area contributed by atoms with Gasteiger partial charge in [0.25, 0.3) is 0 Å². The van der Waals surface area contributed by atoms with Crippen LogP contribution in [-0.4, -0.2) is 44.6 Å². The number of aromatic nitrogens is 1. The zero-order chi connectivity index (χ0) is 17.0. The molecule has 0 spiro atoms. The molecular formula is C17H26N2O3S. The SMILES string of the molecule is Cc1ccnc([S@](=O)C[C@H]2CCCN(C(=O)OC(C)(C)C)C2)c1. The normalized spacial score (nSPS) is 20.2. The fourth-order valence-corrected chi connectivity index (χ4v) is 3.99. The molecular weight excluding hydrogens is 312 g/mol. The lowest BCUT2D eigenvalue weighted by Crippen LogP contribution is -2.44. The largest absolute Gasteiger partial charge is 0.444 e. The van der Waals surface area contributed by atoms with Crippen LogP contribution in [0, 0.1) is 12.8 Å². The van der Waals surface area contributed by atoms with Crippen LogP contribution in [0.4, 0.5) is 4.79 Å². The van der Waals surface area contributed by atoms with Crippen molar-refractivity contribution in [3.05, 3.63) is 23.9 Å². The molecule has 0 aromatic carbocycles. The third-order valence-electron chi connectivity index (χ3n) is 3.68. The highest BCUT2D eigenvalue weighted by Gasteiger charge is 2.28. The van der Waals surface area contributed by atoms with Crippen molar-refractivity contribution in [2.75, 3.05) is 18.8 Å². The molecule has 0 saturated carbocycles. The van der Waals surface area contributed by atoms with E-state index in [1.165, 1.54) is 0 Å². The minimum atomic E-state index is -1.13. The van der Waals surface area contributed by atoms with E-state index in [-0.39, 0.29) is 12.0 Å². The second-order valence-electron chi connectivity index (χ2n) is 7.12. The maximum atomic E-state index is 12.5. The van der Waals surface area contributed by atoms with Gasteiger partial charge in [0, 0.05) is 25.0 Å². The monoisotopic (exact) mass is 338 g/mol. The molecule has 1 aliphatic rings. The standard InChI is InChI=1S/C17H26N2O3S/c1-13-7-8-18-15(10-13)23(21)12-14-6-5-9-19(11-14)16(20)22-17(2,3)4/h7-8,10,14H,5-6,9,11-12H2,1-4H3/t14-,23+/m0/s1. The predicted molar refractivity (Wildman–Crippen MR) is 90.8 cm³/mol. The van der Waals surface area contributed by atoms with Crippen LogP contribution < -0.4 is 0 Å². The number of carbonyl (C=O) groups excluding carboxylic acids is 1. The molecule has 0 N–H and O–H groups in total. The minimum Gasteiger partial charge on any atom is -0.444 e. The average Bonchev–Trinajstić information content (AvgIpc) is 2.45. The van der Waals surface area contributed by atoms with Crippen molar-refractivity contribution in [1.82, 2.24) is 9.88 Å². The van der Waals surface area contributed by atoms with Crippen molar-refractivity contribution in [3.63, 3.8) is 0 Å². The molecule has 2 heterocycles. The number of aryl methyl sites for hydroxylation is 1. The average molecular weight is 338 g/mol. The number of likely N-dealkylation sites (tertiary alicyclic amines) is 1. The molecule has 6 heteroatoms. The van der Waals surface area contributed by atoms with Crippen LogP contribution in [-0.2, 0) is 15.5 Å². The summed E-state index contributed by atoms with van der Waals surface area (Å²) in [5.41, 5.74) is 0.570. The lowest BCUT2D eigenvalue weighted by atomic mass is 10.0. The van der Waals surface area contributed by atoms with Crippen LogP contribution in [0.3, 0.4) is 0 Å².